The Morgan fingerprint density at radius 3 is 2.75 bits per heavy atom. The Balaban J connectivity index is 2.33. The van der Waals surface area contributed by atoms with E-state index in [1.807, 2.05) is 6.92 Å². The van der Waals surface area contributed by atoms with Crippen molar-refractivity contribution in [3.05, 3.63) is 58.9 Å². The highest BCUT2D eigenvalue weighted by Crippen LogP contribution is 2.19. The van der Waals surface area contributed by atoms with Crippen LogP contribution in [0.25, 0.3) is 0 Å². The zero-order chi connectivity index (χ0) is 14.7. The van der Waals surface area contributed by atoms with Gasteiger partial charge in [0.2, 0.25) is 0 Å². The number of nitriles is 1. The van der Waals surface area contributed by atoms with Gasteiger partial charge in [-0.15, -0.1) is 0 Å². The van der Waals surface area contributed by atoms with E-state index >= 15 is 0 Å². The maximum atomic E-state index is 13.4. The van der Waals surface area contributed by atoms with Crippen molar-refractivity contribution in [2.45, 2.75) is 6.92 Å². The minimum Gasteiger partial charge on any atom is -0.399 e. The molecule has 0 fully saturated rings. The van der Waals surface area contributed by atoms with Crippen LogP contribution in [0.2, 0.25) is 0 Å². The number of nitrogens with two attached hydrogens (primary N) is 1. The zero-order valence-corrected chi connectivity index (χ0v) is 10.8. The average Bonchev–Trinajstić information content (AvgIpc) is 2.37. The smallest absolute Gasteiger partial charge is 0.255 e. The molecule has 0 spiro atoms. The van der Waals surface area contributed by atoms with Gasteiger partial charge in [-0.25, -0.2) is 4.39 Å². The van der Waals surface area contributed by atoms with Crippen molar-refractivity contribution in [1.82, 2.24) is 0 Å². The Kier molecular flexibility index (Phi) is 3.67. The first-order chi connectivity index (χ1) is 9.51. The van der Waals surface area contributed by atoms with E-state index in [1.165, 1.54) is 24.3 Å². The molecule has 0 aliphatic carbocycles. The summed E-state index contributed by atoms with van der Waals surface area (Å²) in [6.07, 6.45) is 0. The fourth-order valence-electron chi connectivity index (χ4n) is 1.88. The van der Waals surface area contributed by atoms with Gasteiger partial charge in [-0.05, 0) is 42.8 Å². The number of aryl methyl sites for hydroxylation is 1. The monoisotopic (exact) mass is 269 g/mol. The van der Waals surface area contributed by atoms with Gasteiger partial charge in [0.05, 0.1) is 5.69 Å². The standard InChI is InChI=1S/C15H12FN3O/c1-9-5-10(7-11(18)6-9)15(20)19-14-4-2-3-13(16)12(14)8-17/h2-7H,18H2,1H3,(H,19,20). The van der Waals surface area contributed by atoms with E-state index in [9.17, 15) is 9.18 Å². The molecule has 0 aromatic heterocycles. The number of hydrogen-bond donors (Lipinski definition) is 2. The van der Waals surface area contributed by atoms with Crippen molar-refractivity contribution in [3.8, 4) is 6.07 Å². The third kappa shape index (κ3) is 2.75. The Hall–Kier alpha value is -2.87. The first kappa shape index (κ1) is 13.6. The molecule has 0 atom stereocenters. The number of amides is 1. The summed E-state index contributed by atoms with van der Waals surface area (Å²) >= 11 is 0. The number of carbonyl (C=O) groups excluding carboxylic acids is 1. The van der Waals surface area contributed by atoms with Gasteiger partial charge in [0.25, 0.3) is 5.91 Å². The van der Waals surface area contributed by atoms with Crippen LogP contribution in [0.1, 0.15) is 21.5 Å². The molecule has 5 heteroatoms. The van der Waals surface area contributed by atoms with Crippen LogP contribution in [0, 0.1) is 24.1 Å². The topological polar surface area (TPSA) is 78.9 Å². The number of nitrogens with one attached hydrogen (secondary N) is 1. The molecule has 0 unspecified atom stereocenters. The van der Waals surface area contributed by atoms with Crippen LogP contribution < -0.4 is 11.1 Å². The number of rotatable bonds is 2. The van der Waals surface area contributed by atoms with Crippen molar-refractivity contribution in [2.75, 3.05) is 11.1 Å². The van der Waals surface area contributed by atoms with Gasteiger partial charge in [0, 0.05) is 11.3 Å². The van der Waals surface area contributed by atoms with Crippen molar-refractivity contribution < 1.29 is 9.18 Å². The number of benzene rings is 2. The van der Waals surface area contributed by atoms with Crippen LogP contribution >= 0.6 is 0 Å². The molecule has 100 valence electrons. The molecule has 0 saturated heterocycles. The molecule has 0 heterocycles. The Labute approximate surface area is 115 Å². The van der Waals surface area contributed by atoms with Crippen LogP contribution in [0.4, 0.5) is 15.8 Å². The van der Waals surface area contributed by atoms with E-state index in [0.29, 0.717) is 11.3 Å². The Bertz CT molecular complexity index is 699. The second-order valence-electron chi connectivity index (χ2n) is 4.36. The number of carbonyl (C=O) groups is 1. The van der Waals surface area contributed by atoms with Crippen LogP contribution in [0.3, 0.4) is 0 Å². The second kappa shape index (κ2) is 5.41. The van der Waals surface area contributed by atoms with E-state index in [-0.39, 0.29) is 11.3 Å². The van der Waals surface area contributed by atoms with Crippen LogP contribution in [-0.4, -0.2) is 5.91 Å². The minimum absolute atomic E-state index is 0.137. The van der Waals surface area contributed by atoms with Gasteiger partial charge in [-0.1, -0.05) is 6.07 Å². The fraction of sp³-hybridized carbons (Fsp3) is 0.0667. The van der Waals surface area contributed by atoms with E-state index in [2.05, 4.69) is 5.32 Å². The molecule has 3 N–H and O–H groups in total. The second-order valence-corrected chi connectivity index (χ2v) is 4.36. The van der Waals surface area contributed by atoms with E-state index < -0.39 is 11.7 Å². The lowest BCUT2D eigenvalue weighted by atomic mass is 10.1. The van der Waals surface area contributed by atoms with Gasteiger partial charge in [0.1, 0.15) is 17.4 Å². The first-order valence-corrected chi connectivity index (χ1v) is 5.88. The summed E-state index contributed by atoms with van der Waals surface area (Å²) in [5.41, 5.74) is 7.29. The number of nitrogens with zero attached hydrogens (tertiary/aromatic N) is 1. The molecular formula is C15H12FN3O. The van der Waals surface area contributed by atoms with Gasteiger partial charge >= 0.3 is 0 Å². The summed E-state index contributed by atoms with van der Waals surface area (Å²) < 4.78 is 13.4. The normalized spacial score (nSPS) is 9.85. The highest BCUT2D eigenvalue weighted by Gasteiger charge is 2.12. The van der Waals surface area contributed by atoms with Crippen LogP contribution in [0.15, 0.2) is 36.4 Å². The lowest BCUT2D eigenvalue weighted by Crippen LogP contribution is -2.14. The summed E-state index contributed by atoms with van der Waals surface area (Å²) in [6, 6.07) is 10.7. The van der Waals surface area contributed by atoms with Crippen molar-refractivity contribution in [1.29, 1.82) is 5.26 Å². The first-order valence-electron chi connectivity index (χ1n) is 5.88. The highest BCUT2D eigenvalue weighted by molar-refractivity contribution is 6.05. The zero-order valence-electron chi connectivity index (χ0n) is 10.8. The SMILES string of the molecule is Cc1cc(N)cc(C(=O)Nc2cccc(F)c2C#N)c1. The molecule has 0 bridgehead atoms. The van der Waals surface area contributed by atoms with Crippen molar-refractivity contribution >= 4 is 17.3 Å². The molecule has 20 heavy (non-hydrogen) atoms. The van der Waals surface area contributed by atoms with E-state index in [0.717, 1.165) is 5.56 Å². The van der Waals surface area contributed by atoms with E-state index in [4.69, 9.17) is 11.0 Å². The summed E-state index contributed by atoms with van der Waals surface area (Å²) in [4.78, 5) is 12.1. The molecule has 2 rings (SSSR count). The molecular weight excluding hydrogens is 257 g/mol. The van der Waals surface area contributed by atoms with E-state index in [1.54, 1.807) is 18.2 Å². The average molecular weight is 269 g/mol. The Morgan fingerprint density at radius 1 is 1.35 bits per heavy atom. The summed E-state index contributed by atoms with van der Waals surface area (Å²) in [7, 11) is 0. The van der Waals surface area contributed by atoms with Crippen LogP contribution in [-0.2, 0) is 0 Å². The molecule has 0 aliphatic heterocycles. The number of halogens is 1. The third-order valence-electron chi connectivity index (χ3n) is 2.74. The fourth-order valence-corrected chi connectivity index (χ4v) is 1.88. The quantitative estimate of drug-likeness (QED) is 0.823. The molecule has 0 aliphatic rings. The summed E-state index contributed by atoms with van der Waals surface area (Å²) in [5, 5.41) is 11.4. The maximum absolute atomic E-state index is 13.4. The number of anilines is 2. The number of hydrogen-bond acceptors (Lipinski definition) is 3. The van der Waals surface area contributed by atoms with Gasteiger partial charge < -0.3 is 11.1 Å². The summed E-state index contributed by atoms with van der Waals surface area (Å²) in [6.45, 7) is 1.82. The highest BCUT2D eigenvalue weighted by atomic mass is 19.1. The molecule has 2 aromatic carbocycles. The van der Waals surface area contributed by atoms with Gasteiger partial charge in [-0.2, -0.15) is 5.26 Å². The third-order valence-corrected chi connectivity index (χ3v) is 2.74. The maximum Gasteiger partial charge on any atom is 0.255 e. The molecule has 2 aromatic rings. The molecule has 1 amide bonds. The summed E-state index contributed by atoms with van der Waals surface area (Å²) in [5.74, 6) is -1.11. The van der Waals surface area contributed by atoms with Gasteiger partial charge in [-0.3, -0.25) is 4.79 Å². The van der Waals surface area contributed by atoms with Gasteiger partial charge in [0.15, 0.2) is 0 Å². The lowest BCUT2D eigenvalue weighted by Gasteiger charge is -2.08. The number of nitrogen functional groups attached to an aromatic ring is 1. The predicted molar refractivity (Wildman–Crippen MR) is 74.7 cm³/mol. The Morgan fingerprint density at radius 2 is 2.10 bits per heavy atom. The predicted octanol–water partition coefficient (Wildman–Crippen LogP) is 2.84. The van der Waals surface area contributed by atoms with Crippen molar-refractivity contribution in [3.63, 3.8) is 0 Å². The molecule has 0 radical (unpaired) electrons. The largest absolute Gasteiger partial charge is 0.399 e. The van der Waals surface area contributed by atoms with Crippen molar-refractivity contribution in [2.24, 2.45) is 0 Å². The molecule has 4 nitrogen and oxygen atoms in total. The minimum atomic E-state index is -0.672. The lowest BCUT2D eigenvalue weighted by molar-refractivity contribution is 0.102. The van der Waals surface area contributed by atoms with Crippen LogP contribution in [0.5, 0.6) is 0 Å². The molecule has 0 saturated carbocycles.